The zero-order valence-electron chi connectivity index (χ0n) is 16.7. The van der Waals surface area contributed by atoms with Crippen LogP contribution >= 0.6 is 0 Å². The molecule has 1 fully saturated rings. The number of amides is 1. The predicted molar refractivity (Wildman–Crippen MR) is 108 cm³/mol. The van der Waals surface area contributed by atoms with Crippen molar-refractivity contribution in [2.24, 2.45) is 0 Å². The first-order valence-electron chi connectivity index (χ1n) is 10.2. The molecule has 1 N–H and O–H groups in total. The highest BCUT2D eigenvalue weighted by molar-refractivity contribution is 5.96. The average molecular weight is 441 g/mol. The molecule has 3 heterocycles. The van der Waals surface area contributed by atoms with Gasteiger partial charge in [0.1, 0.15) is 5.82 Å². The van der Waals surface area contributed by atoms with Gasteiger partial charge in [-0.1, -0.05) is 24.3 Å². The van der Waals surface area contributed by atoms with Gasteiger partial charge in [-0.3, -0.25) is 14.3 Å². The lowest BCUT2D eigenvalue weighted by Gasteiger charge is -2.42. The zero-order chi connectivity index (χ0) is 22.6. The Morgan fingerprint density at radius 1 is 1.03 bits per heavy atom. The van der Waals surface area contributed by atoms with Crippen molar-refractivity contribution in [3.8, 4) is 5.75 Å². The highest BCUT2D eigenvalue weighted by Gasteiger charge is 2.48. The second-order valence-corrected chi connectivity index (χ2v) is 8.02. The summed E-state index contributed by atoms with van der Waals surface area (Å²) in [5.41, 5.74) is -0.609. The van der Waals surface area contributed by atoms with Crippen LogP contribution in [0, 0.1) is 17.5 Å². The van der Waals surface area contributed by atoms with Crippen LogP contribution in [0.1, 0.15) is 46.4 Å². The Hall–Kier alpha value is -3.62. The minimum atomic E-state index is -1.09. The van der Waals surface area contributed by atoms with E-state index < -0.39 is 52.5 Å². The number of aromatic hydroxyl groups is 1. The Kier molecular flexibility index (Phi) is 4.76. The molecule has 9 heteroatoms. The Balaban J connectivity index is 1.81. The van der Waals surface area contributed by atoms with Crippen LogP contribution in [0.25, 0.3) is 0 Å². The fraction of sp³-hybridized carbons (Fsp3) is 0.261. The average Bonchev–Trinajstić information content (AvgIpc) is 3.26. The molecule has 0 radical (unpaired) electrons. The number of nitrogens with zero attached hydrogens (tertiary/aromatic N) is 3. The van der Waals surface area contributed by atoms with Gasteiger partial charge in [0.2, 0.25) is 5.43 Å². The van der Waals surface area contributed by atoms with E-state index in [0.29, 0.717) is 19.4 Å². The number of fused-ring (bicyclic) bond motifs is 2. The third kappa shape index (κ3) is 2.99. The molecule has 3 atom stereocenters. The van der Waals surface area contributed by atoms with E-state index in [1.807, 2.05) is 0 Å². The molecule has 0 aliphatic carbocycles. The maximum Gasteiger partial charge on any atom is 0.276 e. The van der Waals surface area contributed by atoms with Crippen molar-refractivity contribution in [1.82, 2.24) is 14.7 Å². The summed E-state index contributed by atoms with van der Waals surface area (Å²) < 4.78 is 44.2. The molecule has 5 rings (SSSR count). The van der Waals surface area contributed by atoms with Crippen LogP contribution < -0.4 is 5.43 Å². The van der Waals surface area contributed by atoms with Gasteiger partial charge in [-0.2, -0.15) is 5.10 Å². The van der Waals surface area contributed by atoms with Gasteiger partial charge in [-0.15, -0.1) is 0 Å². The number of halogens is 3. The van der Waals surface area contributed by atoms with Crippen LogP contribution in [0.3, 0.4) is 0 Å². The summed E-state index contributed by atoms with van der Waals surface area (Å²) in [5, 5.41) is 14.5. The van der Waals surface area contributed by atoms with Gasteiger partial charge in [0.05, 0.1) is 18.3 Å². The van der Waals surface area contributed by atoms with Crippen LogP contribution in [0.4, 0.5) is 13.2 Å². The number of hydrogen-bond donors (Lipinski definition) is 1. The molecule has 0 spiro atoms. The van der Waals surface area contributed by atoms with Crippen molar-refractivity contribution in [3.05, 3.63) is 93.2 Å². The Labute approximate surface area is 180 Å². The summed E-state index contributed by atoms with van der Waals surface area (Å²) in [4.78, 5) is 26.6. The van der Waals surface area contributed by atoms with Gasteiger partial charge in [-0.05, 0) is 42.2 Å². The first-order valence-corrected chi connectivity index (χ1v) is 10.2. The van der Waals surface area contributed by atoms with Gasteiger partial charge in [0.25, 0.3) is 5.91 Å². The first-order chi connectivity index (χ1) is 15.4. The second kappa shape index (κ2) is 7.51. The molecule has 2 aliphatic rings. The van der Waals surface area contributed by atoms with Crippen LogP contribution in [-0.4, -0.2) is 38.3 Å². The lowest BCUT2D eigenvalue weighted by molar-refractivity contribution is 0.0564. The maximum absolute atomic E-state index is 15.0. The highest BCUT2D eigenvalue weighted by atomic mass is 19.2. The van der Waals surface area contributed by atoms with Gasteiger partial charge >= 0.3 is 0 Å². The van der Waals surface area contributed by atoms with Gasteiger partial charge in [-0.25, -0.2) is 13.2 Å². The summed E-state index contributed by atoms with van der Waals surface area (Å²) in [6.45, 7) is 0.393. The number of aromatic nitrogens is 2. The molecule has 2 aliphatic heterocycles. The summed E-state index contributed by atoms with van der Waals surface area (Å²) in [6, 6.07) is 8.08. The van der Waals surface area contributed by atoms with Crippen LogP contribution in [-0.2, 0) is 0 Å². The number of carbonyl (C=O) groups excluding carboxylic acids is 1. The summed E-state index contributed by atoms with van der Waals surface area (Å²) in [6.07, 6.45) is 2.13. The molecule has 6 nitrogen and oxygen atoms in total. The number of rotatable bonds is 3. The van der Waals surface area contributed by atoms with E-state index in [4.69, 9.17) is 0 Å². The van der Waals surface area contributed by atoms with E-state index >= 15 is 4.39 Å². The van der Waals surface area contributed by atoms with Crippen molar-refractivity contribution in [2.75, 3.05) is 6.54 Å². The Morgan fingerprint density at radius 3 is 2.56 bits per heavy atom. The predicted octanol–water partition coefficient (Wildman–Crippen LogP) is 3.36. The molecule has 2 aromatic carbocycles. The van der Waals surface area contributed by atoms with Crippen LogP contribution in [0.5, 0.6) is 5.75 Å². The SMILES string of the molecule is O=C1c2c(O)c(=O)cnn2[C@@H]([C@@H](c2ccc(F)c(F)c2)c2ccccc2F)[C@H]2CCCN12. The highest BCUT2D eigenvalue weighted by Crippen LogP contribution is 2.46. The molecule has 0 saturated carbocycles. The third-order valence-electron chi connectivity index (χ3n) is 6.31. The summed E-state index contributed by atoms with van der Waals surface area (Å²) in [5.74, 6) is -4.84. The molecule has 0 unspecified atom stereocenters. The van der Waals surface area contributed by atoms with Gasteiger partial charge in [0.15, 0.2) is 23.1 Å². The standard InChI is InChI=1S/C23H18F3N3O3/c24-14-5-2-1-4-13(14)19(12-7-8-15(25)16(26)10-12)20-17-6-3-9-28(17)23(32)21-22(31)18(30)11-27-29(20)21/h1-2,4-5,7-8,10-11,17,19-20,31H,3,6,9H2/t17-,19+,20-/m1/s1. The van der Waals surface area contributed by atoms with E-state index in [1.54, 1.807) is 12.1 Å². The Bertz CT molecular complexity index is 1290. The minimum Gasteiger partial charge on any atom is -0.502 e. The fourth-order valence-electron chi connectivity index (χ4n) is 4.94. The van der Waals surface area contributed by atoms with Crippen molar-refractivity contribution in [2.45, 2.75) is 30.8 Å². The van der Waals surface area contributed by atoms with E-state index in [2.05, 4.69) is 5.10 Å². The first kappa shape index (κ1) is 20.3. The van der Waals surface area contributed by atoms with E-state index in [1.165, 1.54) is 27.8 Å². The molecule has 164 valence electrons. The summed E-state index contributed by atoms with van der Waals surface area (Å²) >= 11 is 0. The van der Waals surface area contributed by atoms with Gasteiger partial charge in [0, 0.05) is 12.5 Å². The topological polar surface area (TPSA) is 75.4 Å². The largest absolute Gasteiger partial charge is 0.502 e. The molecule has 1 saturated heterocycles. The Morgan fingerprint density at radius 2 is 1.81 bits per heavy atom. The minimum absolute atomic E-state index is 0.204. The number of hydrogen-bond acceptors (Lipinski definition) is 4. The van der Waals surface area contributed by atoms with E-state index in [0.717, 1.165) is 18.3 Å². The lowest BCUT2D eigenvalue weighted by Crippen LogP contribution is -2.51. The molecule has 0 bridgehead atoms. The van der Waals surface area contributed by atoms with Crippen LogP contribution in [0.15, 0.2) is 53.5 Å². The van der Waals surface area contributed by atoms with Crippen molar-refractivity contribution in [3.63, 3.8) is 0 Å². The molecular weight excluding hydrogens is 423 g/mol. The van der Waals surface area contributed by atoms with Crippen LogP contribution in [0.2, 0.25) is 0 Å². The quantitative estimate of drug-likeness (QED) is 0.677. The molecule has 1 aromatic heterocycles. The lowest BCUT2D eigenvalue weighted by atomic mass is 9.79. The smallest absolute Gasteiger partial charge is 0.276 e. The van der Waals surface area contributed by atoms with E-state index in [9.17, 15) is 23.5 Å². The fourth-order valence-corrected chi connectivity index (χ4v) is 4.94. The van der Waals surface area contributed by atoms with Crippen molar-refractivity contribution in [1.29, 1.82) is 0 Å². The van der Waals surface area contributed by atoms with E-state index in [-0.39, 0.29) is 16.8 Å². The molecule has 1 amide bonds. The van der Waals surface area contributed by atoms with Crippen molar-refractivity contribution < 1.29 is 23.1 Å². The normalized spacial score (nSPS) is 20.7. The monoisotopic (exact) mass is 441 g/mol. The number of carbonyl (C=O) groups is 1. The third-order valence-corrected chi connectivity index (χ3v) is 6.31. The second-order valence-electron chi connectivity index (χ2n) is 8.02. The molecule has 32 heavy (non-hydrogen) atoms. The molecular formula is C23H18F3N3O3. The summed E-state index contributed by atoms with van der Waals surface area (Å²) in [7, 11) is 0. The number of benzene rings is 2. The maximum atomic E-state index is 15.0. The van der Waals surface area contributed by atoms with Crippen molar-refractivity contribution >= 4 is 5.91 Å². The zero-order valence-corrected chi connectivity index (χ0v) is 16.7. The molecule has 3 aromatic rings. The van der Waals surface area contributed by atoms with Gasteiger partial charge < -0.3 is 10.0 Å².